The molecule has 0 aromatic heterocycles. The SMILES string of the molecule is NCCc1ccc(OCCN2C(=O)CCCCC2=O)cc1. The summed E-state index contributed by atoms with van der Waals surface area (Å²) in [4.78, 5) is 25.0. The Balaban J connectivity index is 1.82. The van der Waals surface area contributed by atoms with Gasteiger partial charge in [-0.25, -0.2) is 0 Å². The van der Waals surface area contributed by atoms with E-state index in [-0.39, 0.29) is 11.8 Å². The van der Waals surface area contributed by atoms with Crippen molar-refractivity contribution in [1.82, 2.24) is 4.90 Å². The van der Waals surface area contributed by atoms with Crippen LogP contribution in [0, 0.1) is 0 Å². The number of imide groups is 1. The van der Waals surface area contributed by atoms with Crippen LogP contribution in [0.4, 0.5) is 0 Å². The Kier molecular flexibility index (Phi) is 5.75. The molecule has 114 valence electrons. The van der Waals surface area contributed by atoms with E-state index in [2.05, 4.69) is 0 Å². The number of benzene rings is 1. The number of likely N-dealkylation sites (tertiary alicyclic amines) is 1. The second kappa shape index (κ2) is 7.78. The Labute approximate surface area is 125 Å². The van der Waals surface area contributed by atoms with Crippen molar-refractivity contribution in [2.24, 2.45) is 5.73 Å². The summed E-state index contributed by atoms with van der Waals surface area (Å²) in [5, 5.41) is 0. The van der Waals surface area contributed by atoms with Gasteiger partial charge >= 0.3 is 0 Å². The van der Waals surface area contributed by atoms with E-state index in [1.54, 1.807) is 0 Å². The van der Waals surface area contributed by atoms with Crippen LogP contribution in [0.15, 0.2) is 24.3 Å². The molecular weight excluding hydrogens is 268 g/mol. The molecule has 2 rings (SSSR count). The maximum Gasteiger partial charge on any atom is 0.229 e. The van der Waals surface area contributed by atoms with Crippen molar-refractivity contribution < 1.29 is 14.3 Å². The van der Waals surface area contributed by atoms with E-state index in [9.17, 15) is 9.59 Å². The van der Waals surface area contributed by atoms with E-state index < -0.39 is 0 Å². The van der Waals surface area contributed by atoms with Crippen LogP contribution in [0.25, 0.3) is 0 Å². The predicted molar refractivity (Wildman–Crippen MR) is 79.9 cm³/mol. The number of carbonyl (C=O) groups excluding carboxylic acids is 2. The van der Waals surface area contributed by atoms with E-state index in [1.165, 1.54) is 10.5 Å². The van der Waals surface area contributed by atoms with E-state index >= 15 is 0 Å². The normalized spacial score (nSPS) is 16.0. The maximum absolute atomic E-state index is 11.8. The van der Waals surface area contributed by atoms with Crippen molar-refractivity contribution in [3.63, 3.8) is 0 Å². The molecule has 1 heterocycles. The molecule has 5 heteroatoms. The second-order valence-electron chi connectivity index (χ2n) is 5.18. The zero-order chi connectivity index (χ0) is 15.1. The van der Waals surface area contributed by atoms with Gasteiger partial charge in [-0.3, -0.25) is 14.5 Å². The topological polar surface area (TPSA) is 72.6 Å². The first-order valence-corrected chi connectivity index (χ1v) is 7.45. The quantitative estimate of drug-likeness (QED) is 0.806. The molecule has 21 heavy (non-hydrogen) atoms. The number of nitrogens with two attached hydrogens (primary N) is 1. The van der Waals surface area contributed by atoms with Gasteiger partial charge in [-0.2, -0.15) is 0 Å². The van der Waals surface area contributed by atoms with Gasteiger partial charge in [0.05, 0.1) is 6.54 Å². The van der Waals surface area contributed by atoms with Crippen LogP contribution in [0.3, 0.4) is 0 Å². The van der Waals surface area contributed by atoms with Crippen molar-refractivity contribution in [3.8, 4) is 5.75 Å². The standard InChI is InChI=1S/C16H22N2O3/c17-10-9-13-5-7-14(8-6-13)21-12-11-18-15(19)3-1-2-4-16(18)20/h5-8H,1-4,9-12,17H2. The van der Waals surface area contributed by atoms with Crippen LogP contribution in [0.5, 0.6) is 5.75 Å². The zero-order valence-corrected chi connectivity index (χ0v) is 12.2. The molecule has 0 saturated carbocycles. The minimum Gasteiger partial charge on any atom is -0.492 e. The van der Waals surface area contributed by atoms with E-state index in [4.69, 9.17) is 10.5 Å². The van der Waals surface area contributed by atoms with E-state index in [0.717, 1.165) is 25.0 Å². The van der Waals surface area contributed by atoms with Gasteiger partial charge in [-0.1, -0.05) is 12.1 Å². The third-order valence-electron chi connectivity index (χ3n) is 3.57. The van der Waals surface area contributed by atoms with Gasteiger partial charge in [0, 0.05) is 12.8 Å². The van der Waals surface area contributed by atoms with Crippen molar-refractivity contribution in [1.29, 1.82) is 0 Å². The monoisotopic (exact) mass is 290 g/mol. The van der Waals surface area contributed by atoms with Gasteiger partial charge < -0.3 is 10.5 Å². The number of hydrogen-bond donors (Lipinski definition) is 1. The molecule has 2 amide bonds. The number of hydrogen-bond acceptors (Lipinski definition) is 4. The van der Waals surface area contributed by atoms with Crippen LogP contribution >= 0.6 is 0 Å². The Morgan fingerprint density at radius 2 is 1.67 bits per heavy atom. The molecule has 0 unspecified atom stereocenters. The number of rotatable bonds is 6. The van der Waals surface area contributed by atoms with E-state index in [1.807, 2.05) is 24.3 Å². The molecule has 2 N–H and O–H groups in total. The molecule has 1 saturated heterocycles. The Morgan fingerprint density at radius 1 is 1.05 bits per heavy atom. The first-order chi connectivity index (χ1) is 10.2. The molecule has 0 atom stereocenters. The fourth-order valence-corrected chi connectivity index (χ4v) is 2.38. The molecule has 0 radical (unpaired) electrons. The zero-order valence-electron chi connectivity index (χ0n) is 12.2. The molecule has 1 aromatic carbocycles. The lowest BCUT2D eigenvalue weighted by Gasteiger charge is -2.18. The Morgan fingerprint density at radius 3 is 2.24 bits per heavy atom. The smallest absolute Gasteiger partial charge is 0.229 e. The minimum absolute atomic E-state index is 0.0839. The van der Waals surface area contributed by atoms with Gasteiger partial charge in [0.2, 0.25) is 11.8 Å². The molecule has 1 aromatic rings. The molecular formula is C16H22N2O3. The van der Waals surface area contributed by atoms with Crippen LogP contribution < -0.4 is 10.5 Å². The van der Waals surface area contributed by atoms with Gasteiger partial charge in [-0.05, 0) is 43.5 Å². The minimum atomic E-state index is -0.0839. The number of carbonyl (C=O) groups is 2. The summed E-state index contributed by atoms with van der Waals surface area (Å²) < 4.78 is 5.60. The lowest BCUT2D eigenvalue weighted by atomic mass is 10.1. The third kappa shape index (κ3) is 4.56. The Bertz CT molecular complexity index is 467. The van der Waals surface area contributed by atoms with Gasteiger partial charge in [0.15, 0.2) is 0 Å². The molecule has 1 aliphatic rings. The molecule has 5 nitrogen and oxygen atoms in total. The van der Waals surface area contributed by atoms with Crippen molar-refractivity contribution in [3.05, 3.63) is 29.8 Å². The Hall–Kier alpha value is -1.88. The van der Waals surface area contributed by atoms with Crippen LogP contribution in [-0.2, 0) is 16.0 Å². The summed E-state index contributed by atoms with van der Waals surface area (Å²) >= 11 is 0. The van der Waals surface area contributed by atoms with Crippen molar-refractivity contribution in [2.45, 2.75) is 32.1 Å². The van der Waals surface area contributed by atoms with Crippen LogP contribution in [-0.4, -0.2) is 36.4 Å². The first kappa shape index (κ1) is 15.5. The summed E-state index contributed by atoms with van der Waals surface area (Å²) in [5.74, 6) is 0.573. The highest BCUT2D eigenvalue weighted by atomic mass is 16.5. The highest BCUT2D eigenvalue weighted by molar-refractivity contribution is 5.95. The highest BCUT2D eigenvalue weighted by Gasteiger charge is 2.23. The summed E-state index contributed by atoms with van der Waals surface area (Å²) in [6.45, 7) is 1.27. The largest absolute Gasteiger partial charge is 0.492 e. The average molecular weight is 290 g/mol. The third-order valence-corrected chi connectivity index (χ3v) is 3.57. The fraction of sp³-hybridized carbons (Fsp3) is 0.500. The molecule has 0 bridgehead atoms. The molecule has 0 spiro atoms. The fourth-order valence-electron chi connectivity index (χ4n) is 2.38. The van der Waals surface area contributed by atoms with Gasteiger partial charge in [-0.15, -0.1) is 0 Å². The summed E-state index contributed by atoms with van der Waals surface area (Å²) in [7, 11) is 0. The number of ether oxygens (including phenoxy) is 1. The molecule has 1 fully saturated rings. The van der Waals surface area contributed by atoms with Gasteiger partial charge in [0.25, 0.3) is 0 Å². The lowest BCUT2D eigenvalue weighted by molar-refractivity contribution is -0.144. The van der Waals surface area contributed by atoms with Crippen molar-refractivity contribution >= 4 is 11.8 Å². The van der Waals surface area contributed by atoms with Gasteiger partial charge in [0.1, 0.15) is 12.4 Å². The molecule has 0 aliphatic carbocycles. The maximum atomic E-state index is 11.8. The first-order valence-electron chi connectivity index (χ1n) is 7.45. The average Bonchev–Trinajstić information content (AvgIpc) is 2.64. The van der Waals surface area contributed by atoms with Crippen LogP contribution in [0.1, 0.15) is 31.2 Å². The summed E-state index contributed by atoms with van der Waals surface area (Å²) in [6.07, 6.45) is 3.35. The summed E-state index contributed by atoms with van der Waals surface area (Å²) in [5.41, 5.74) is 6.67. The van der Waals surface area contributed by atoms with Crippen molar-refractivity contribution in [2.75, 3.05) is 19.7 Å². The predicted octanol–water partition coefficient (Wildman–Crippen LogP) is 1.50. The van der Waals surface area contributed by atoms with E-state index in [0.29, 0.717) is 32.5 Å². The number of nitrogens with zero attached hydrogens (tertiary/aromatic N) is 1. The highest BCUT2D eigenvalue weighted by Crippen LogP contribution is 2.14. The molecule has 1 aliphatic heterocycles. The number of amides is 2. The lowest BCUT2D eigenvalue weighted by Crippen LogP contribution is -2.38. The second-order valence-corrected chi connectivity index (χ2v) is 5.18. The van der Waals surface area contributed by atoms with Crippen LogP contribution in [0.2, 0.25) is 0 Å². The summed E-state index contributed by atoms with van der Waals surface area (Å²) in [6, 6.07) is 7.73.